The van der Waals surface area contributed by atoms with Gasteiger partial charge in [-0.05, 0) is 12.0 Å². The molecule has 1 saturated heterocycles. The standard InChI is InChI=1S/C17H26N2O3/c1-3-15(13-20)18-9-11-19(12-10-18)16(17(21)22-2)14-7-5-4-6-8-14/h4-8,15-16,20H,3,9-13H2,1-2H3. The van der Waals surface area contributed by atoms with Crippen LogP contribution in [0.15, 0.2) is 30.3 Å². The van der Waals surface area contributed by atoms with Gasteiger partial charge in [-0.3, -0.25) is 9.80 Å². The second-order valence-electron chi connectivity index (χ2n) is 5.65. The predicted octanol–water partition coefficient (Wildman–Crippen LogP) is 1.29. The third-order valence-corrected chi connectivity index (χ3v) is 4.45. The lowest BCUT2D eigenvalue weighted by Crippen LogP contribution is -2.53. The van der Waals surface area contributed by atoms with E-state index in [1.165, 1.54) is 7.11 Å². The maximum Gasteiger partial charge on any atom is 0.327 e. The molecular weight excluding hydrogens is 280 g/mol. The molecule has 1 fully saturated rings. The number of piperazine rings is 1. The number of rotatable bonds is 6. The monoisotopic (exact) mass is 306 g/mol. The normalized spacial score (nSPS) is 19.6. The second kappa shape index (κ2) is 8.27. The summed E-state index contributed by atoms with van der Waals surface area (Å²) in [6, 6.07) is 9.65. The Morgan fingerprint density at radius 2 is 1.77 bits per heavy atom. The van der Waals surface area contributed by atoms with E-state index in [0.29, 0.717) is 0 Å². The number of carbonyl (C=O) groups excluding carboxylic acids is 1. The van der Waals surface area contributed by atoms with Crippen LogP contribution in [-0.4, -0.2) is 66.8 Å². The summed E-state index contributed by atoms with van der Waals surface area (Å²) in [6.07, 6.45) is 0.940. The average Bonchev–Trinajstić information content (AvgIpc) is 2.58. The minimum atomic E-state index is -0.345. The maximum absolute atomic E-state index is 12.2. The fourth-order valence-corrected chi connectivity index (χ4v) is 3.11. The van der Waals surface area contributed by atoms with Gasteiger partial charge in [-0.2, -0.15) is 0 Å². The van der Waals surface area contributed by atoms with Crippen LogP contribution in [0.1, 0.15) is 24.9 Å². The van der Waals surface area contributed by atoms with Gasteiger partial charge in [0.2, 0.25) is 0 Å². The van der Waals surface area contributed by atoms with Gasteiger partial charge in [0.15, 0.2) is 0 Å². The fourth-order valence-electron chi connectivity index (χ4n) is 3.11. The summed E-state index contributed by atoms with van der Waals surface area (Å²) in [5, 5.41) is 9.43. The Morgan fingerprint density at radius 1 is 1.18 bits per heavy atom. The molecular formula is C17H26N2O3. The molecule has 2 atom stereocenters. The lowest BCUT2D eigenvalue weighted by Gasteiger charge is -2.41. The zero-order valence-corrected chi connectivity index (χ0v) is 13.4. The third kappa shape index (κ3) is 3.85. The molecule has 2 rings (SSSR count). The third-order valence-electron chi connectivity index (χ3n) is 4.45. The number of esters is 1. The molecule has 0 amide bonds. The molecule has 1 aromatic carbocycles. The van der Waals surface area contributed by atoms with Crippen LogP contribution in [0.3, 0.4) is 0 Å². The molecule has 0 bridgehead atoms. The van der Waals surface area contributed by atoms with E-state index < -0.39 is 0 Å². The first kappa shape index (κ1) is 16.9. The Balaban J connectivity index is 2.07. The summed E-state index contributed by atoms with van der Waals surface area (Å²) in [4.78, 5) is 16.7. The van der Waals surface area contributed by atoms with Crippen LogP contribution in [0.25, 0.3) is 0 Å². The van der Waals surface area contributed by atoms with Crippen molar-refractivity contribution < 1.29 is 14.6 Å². The number of carbonyl (C=O) groups is 1. The molecule has 5 heteroatoms. The molecule has 1 aromatic rings. The molecule has 1 heterocycles. The lowest BCUT2D eigenvalue weighted by molar-refractivity contribution is -0.148. The fraction of sp³-hybridized carbons (Fsp3) is 0.588. The van der Waals surface area contributed by atoms with E-state index in [-0.39, 0.29) is 24.7 Å². The molecule has 0 saturated carbocycles. The van der Waals surface area contributed by atoms with Gasteiger partial charge in [0.1, 0.15) is 6.04 Å². The summed E-state index contributed by atoms with van der Waals surface area (Å²) >= 11 is 0. The van der Waals surface area contributed by atoms with E-state index in [1.807, 2.05) is 30.3 Å². The smallest absolute Gasteiger partial charge is 0.327 e. The molecule has 0 aliphatic carbocycles. The highest BCUT2D eigenvalue weighted by Gasteiger charge is 2.32. The molecule has 22 heavy (non-hydrogen) atoms. The van der Waals surface area contributed by atoms with E-state index in [1.54, 1.807) is 0 Å². The van der Waals surface area contributed by atoms with Crippen molar-refractivity contribution in [1.82, 2.24) is 9.80 Å². The first-order chi connectivity index (χ1) is 10.7. The highest BCUT2D eigenvalue weighted by Crippen LogP contribution is 2.24. The van der Waals surface area contributed by atoms with Crippen LogP contribution in [0.4, 0.5) is 0 Å². The topological polar surface area (TPSA) is 53.0 Å². The van der Waals surface area contributed by atoms with Crippen molar-refractivity contribution in [3.63, 3.8) is 0 Å². The summed E-state index contributed by atoms with van der Waals surface area (Å²) in [5.41, 5.74) is 0.969. The van der Waals surface area contributed by atoms with Gasteiger partial charge in [0, 0.05) is 32.2 Å². The number of benzene rings is 1. The zero-order chi connectivity index (χ0) is 15.9. The Kier molecular flexibility index (Phi) is 6.36. The Morgan fingerprint density at radius 3 is 2.27 bits per heavy atom. The summed E-state index contributed by atoms with van der Waals surface area (Å²) < 4.78 is 5.00. The molecule has 1 aliphatic heterocycles. The lowest BCUT2D eigenvalue weighted by atomic mass is 10.0. The number of aliphatic hydroxyl groups is 1. The van der Waals surface area contributed by atoms with E-state index in [2.05, 4.69) is 16.7 Å². The molecule has 1 N–H and O–H groups in total. The molecule has 0 spiro atoms. The second-order valence-corrected chi connectivity index (χ2v) is 5.65. The van der Waals surface area contributed by atoms with Crippen LogP contribution in [0.5, 0.6) is 0 Å². The highest BCUT2D eigenvalue weighted by atomic mass is 16.5. The van der Waals surface area contributed by atoms with Crippen molar-refractivity contribution in [3.05, 3.63) is 35.9 Å². The van der Waals surface area contributed by atoms with Gasteiger partial charge in [0.25, 0.3) is 0 Å². The van der Waals surface area contributed by atoms with Crippen molar-refractivity contribution in [1.29, 1.82) is 0 Å². The Hall–Kier alpha value is -1.43. The van der Waals surface area contributed by atoms with Crippen molar-refractivity contribution in [2.24, 2.45) is 0 Å². The van der Waals surface area contributed by atoms with Crippen LogP contribution in [-0.2, 0) is 9.53 Å². The van der Waals surface area contributed by atoms with Crippen molar-refractivity contribution in [2.45, 2.75) is 25.4 Å². The largest absolute Gasteiger partial charge is 0.468 e. The van der Waals surface area contributed by atoms with Crippen molar-refractivity contribution in [3.8, 4) is 0 Å². The molecule has 5 nitrogen and oxygen atoms in total. The first-order valence-corrected chi connectivity index (χ1v) is 7.93. The molecule has 2 unspecified atom stereocenters. The van der Waals surface area contributed by atoms with E-state index in [0.717, 1.165) is 38.2 Å². The number of aliphatic hydroxyl groups excluding tert-OH is 1. The van der Waals surface area contributed by atoms with Crippen LogP contribution < -0.4 is 0 Å². The summed E-state index contributed by atoms with van der Waals surface area (Å²) in [5.74, 6) is -0.214. The van der Waals surface area contributed by atoms with Gasteiger partial charge >= 0.3 is 5.97 Å². The van der Waals surface area contributed by atoms with Gasteiger partial charge in [-0.15, -0.1) is 0 Å². The number of ether oxygens (including phenoxy) is 1. The van der Waals surface area contributed by atoms with Gasteiger partial charge < -0.3 is 9.84 Å². The van der Waals surface area contributed by atoms with E-state index in [9.17, 15) is 9.90 Å². The molecule has 1 aliphatic rings. The molecule has 0 radical (unpaired) electrons. The minimum Gasteiger partial charge on any atom is -0.468 e. The average molecular weight is 306 g/mol. The number of hydrogen-bond donors (Lipinski definition) is 1. The Labute approximate surface area is 132 Å². The molecule has 0 aromatic heterocycles. The van der Waals surface area contributed by atoms with E-state index in [4.69, 9.17) is 4.74 Å². The predicted molar refractivity (Wildman–Crippen MR) is 85.5 cm³/mol. The van der Waals surface area contributed by atoms with Gasteiger partial charge in [-0.1, -0.05) is 37.3 Å². The maximum atomic E-state index is 12.2. The van der Waals surface area contributed by atoms with Crippen molar-refractivity contribution in [2.75, 3.05) is 39.9 Å². The number of hydrogen-bond acceptors (Lipinski definition) is 5. The van der Waals surface area contributed by atoms with Crippen LogP contribution in [0, 0.1) is 0 Å². The minimum absolute atomic E-state index is 0.190. The first-order valence-electron chi connectivity index (χ1n) is 7.93. The SMILES string of the molecule is CCC(CO)N1CCN(C(C(=O)OC)c2ccccc2)CC1. The summed E-state index contributed by atoms with van der Waals surface area (Å²) in [6.45, 7) is 5.60. The Bertz CT molecular complexity index is 454. The quantitative estimate of drug-likeness (QED) is 0.803. The van der Waals surface area contributed by atoms with Crippen LogP contribution >= 0.6 is 0 Å². The number of nitrogens with zero attached hydrogens (tertiary/aromatic N) is 2. The molecule has 122 valence electrons. The van der Waals surface area contributed by atoms with Gasteiger partial charge in [-0.25, -0.2) is 4.79 Å². The van der Waals surface area contributed by atoms with Gasteiger partial charge in [0.05, 0.1) is 13.7 Å². The van der Waals surface area contributed by atoms with Crippen molar-refractivity contribution >= 4 is 5.97 Å². The summed E-state index contributed by atoms with van der Waals surface area (Å²) in [7, 11) is 1.44. The van der Waals surface area contributed by atoms with E-state index >= 15 is 0 Å². The number of methoxy groups -OCH3 is 1. The van der Waals surface area contributed by atoms with Crippen LogP contribution in [0.2, 0.25) is 0 Å². The zero-order valence-electron chi connectivity index (χ0n) is 13.4. The highest BCUT2D eigenvalue weighted by molar-refractivity contribution is 5.77.